The van der Waals surface area contributed by atoms with Gasteiger partial charge in [0, 0.05) is 24.5 Å². The molecule has 0 aliphatic rings. The predicted octanol–water partition coefficient (Wildman–Crippen LogP) is 6.15. The van der Waals surface area contributed by atoms with Crippen LogP contribution >= 0.6 is 11.6 Å². The van der Waals surface area contributed by atoms with E-state index in [9.17, 15) is 22.4 Å². The number of hydrogen-bond donors (Lipinski definition) is 1. The van der Waals surface area contributed by atoms with Crippen LogP contribution in [0.2, 0.25) is 5.02 Å². The molecule has 10 heteroatoms. The first-order chi connectivity index (χ1) is 21.1. The zero-order valence-electron chi connectivity index (χ0n) is 24.6. The Morgan fingerprint density at radius 1 is 0.886 bits per heavy atom. The van der Waals surface area contributed by atoms with E-state index in [0.29, 0.717) is 29.2 Å². The van der Waals surface area contributed by atoms with Crippen molar-refractivity contribution in [2.75, 3.05) is 17.4 Å². The van der Waals surface area contributed by atoms with Crippen molar-refractivity contribution in [2.45, 2.75) is 44.2 Å². The molecule has 4 aromatic rings. The van der Waals surface area contributed by atoms with Crippen LogP contribution in [0.15, 0.2) is 108 Å². The van der Waals surface area contributed by atoms with E-state index in [2.05, 4.69) is 5.32 Å². The Morgan fingerprint density at radius 3 is 2.20 bits per heavy atom. The molecule has 0 spiro atoms. The molecule has 2 amide bonds. The van der Waals surface area contributed by atoms with Crippen LogP contribution in [0.25, 0.3) is 0 Å². The molecule has 0 fully saturated rings. The third kappa shape index (κ3) is 8.45. The van der Waals surface area contributed by atoms with E-state index >= 15 is 0 Å². The number of benzene rings is 4. The summed E-state index contributed by atoms with van der Waals surface area (Å²) in [6.07, 6.45) is 0.883. The van der Waals surface area contributed by atoms with Gasteiger partial charge in [0.1, 0.15) is 18.4 Å². The number of anilines is 1. The lowest BCUT2D eigenvalue weighted by molar-refractivity contribution is -0.140. The molecule has 0 aliphatic heterocycles. The molecule has 1 N–H and O–H groups in total. The zero-order chi connectivity index (χ0) is 31.7. The van der Waals surface area contributed by atoms with Crippen molar-refractivity contribution in [1.82, 2.24) is 10.2 Å². The minimum atomic E-state index is -4.24. The van der Waals surface area contributed by atoms with Crippen molar-refractivity contribution in [1.29, 1.82) is 0 Å². The quantitative estimate of drug-likeness (QED) is 0.191. The van der Waals surface area contributed by atoms with Gasteiger partial charge in [0.05, 0.1) is 10.6 Å². The standard InChI is InChI=1S/C34H35ClFN3O4S/c1-3-20-37-34(41)32(22-26-9-5-4-6-10-26)38(23-27-12-16-29(36)17-13-27)33(40)24-39(30-11-7-8-25(2)21-30)44(42,43)31-18-14-28(35)15-19-31/h4-19,21,32H,3,20,22-24H2,1-2H3,(H,37,41). The Morgan fingerprint density at radius 2 is 1.57 bits per heavy atom. The van der Waals surface area contributed by atoms with Crippen LogP contribution in [-0.2, 0) is 32.6 Å². The molecule has 1 unspecified atom stereocenters. The number of nitrogens with zero attached hydrogens (tertiary/aromatic N) is 2. The lowest BCUT2D eigenvalue weighted by atomic mass is 10.0. The number of halogens is 2. The van der Waals surface area contributed by atoms with Gasteiger partial charge in [-0.25, -0.2) is 12.8 Å². The highest BCUT2D eigenvalue weighted by Gasteiger charge is 2.34. The first kappa shape index (κ1) is 32.7. The summed E-state index contributed by atoms with van der Waals surface area (Å²) in [5.41, 5.74) is 2.51. The molecule has 0 aliphatic carbocycles. The van der Waals surface area contributed by atoms with Crippen LogP contribution in [0.5, 0.6) is 0 Å². The van der Waals surface area contributed by atoms with Crippen LogP contribution in [0.1, 0.15) is 30.0 Å². The summed E-state index contributed by atoms with van der Waals surface area (Å²) in [5.74, 6) is -1.40. The minimum absolute atomic E-state index is 0.0391. The van der Waals surface area contributed by atoms with Crippen LogP contribution in [0.3, 0.4) is 0 Å². The molecule has 230 valence electrons. The highest BCUT2D eigenvalue weighted by Crippen LogP contribution is 2.26. The average molecular weight is 636 g/mol. The molecule has 0 heterocycles. The number of carbonyl (C=O) groups excluding carboxylic acids is 2. The van der Waals surface area contributed by atoms with Gasteiger partial charge in [0.15, 0.2) is 0 Å². The molecular weight excluding hydrogens is 601 g/mol. The number of sulfonamides is 1. The molecule has 0 aromatic heterocycles. The van der Waals surface area contributed by atoms with E-state index < -0.39 is 34.3 Å². The summed E-state index contributed by atoms with van der Waals surface area (Å²) in [7, 11) is -4.24. The summed E-state index contributed by atoms with van der Waals surface area (Å²) in [5, 5.41) is 3.27. The average Bonchev–Trinajstić information content (AvgIpc) is 3.01. The third-order valence-corrected chi connectivity index (χ3v) is 9.10. The van der Waals surface area contributed by atoms with Crippen molar-refractivity contribution < 1.29 is 22.4 Å². The van der Waals surface area contributed by atoms with Gasteiger partial charge in [-0.15, -0.1) is 0 Å². The van der Waals surface area contributed by atoms with Crippen molar-refractivity contribution in [3.05, 3.63) is 131 Å². The van der Waals surface area contributed by atoms with Gasteiger partial charge in [-0.1, -0.05) is 73.1 Å². The van der Waals surface area contributed by atoms with Gasteiger partial charge >= 0.3 is 0 Å². The molecule has 0 bridgehead atoms. The number of aryl methyl sites for hydroxylation is 1. The molecule has 0 saturated carbocycles. The predicted molar refractivity (Wildman–Crippen MR) is 171 cm³/mol. The second-order valence-corrected chi connectivity index (χ2v) is 12.7. The highest BCUT2D eigenvalue weighted by molar-refractivity contribution is 7.92. The second-order valence-electron chi connectivity index (χ2n) is 10.4. The lowest BCUT2D eigenvalue weighted by Gasteiger charge is -2.34. The van der Waals surface area contributed by atoms with Crippen molar-refractivity contribution >= 4 is 39.1 Å². The summed E-state index contributed by atoms with van der Waals surface area (Å²) in [6, 6.07) is 26.5. The Balaban J connectivity index is 1.79. The third-order valence-electron chi connectivity index (χ3n) is 7.06. The van der Waals surface area contributed by atoms with Crippen molar-refractivity contribution in [3.63, 3.8) is 0 Å². The number of nitrogens with one attached hydrogen (secondary N) is 1. The maximum Gasteiger partial charge on any atom is 0.264 e. The van der Waals surface area contributed by atoms with E-state index in [-0.39, 0.29) is 23.8 Å². The van der Waals surface area contributed by atoms with Gasteiger partial charge in [-0.05, 0) is 78.6 Å². The summed E-state index contributed by atoms with van der Waals surface area (Å²) in [4.78, 5) is 29.3. The molecular formula is C34H35ClFN3O4S. The van der Waals surface area contributed by atoms with Gasteiger partial charge in [0.2, 0.25) is 11.8 Å². The van der Waals surface area contributed by atoms with E-state index in [0.717, 1.165) is 15.4 Å². The maximum absolute atomic E-state index is 14.4. The summed E-state index contributed by atoms with van der Waals surface area (Å²) >= 11 is 6.03. The van der Waals surface area contributed by atoms with Crippen LogP contribution in [0, 0.1) is 12.7 Å². The first-order valence-electron chi connectivity index (χ1n) is 14.3. The fraction of sp³-hybridized carbons (Fsp3) is 0.235. The Labute approximate surface area is 263 Å². The number of amides is 2. The van der Waals surface area contributed by atoms with Gasteiger partial charge in [0.25, 0.3) is 10.0 Å². The first-order valence-corrected chi connectivity index (χ1v) is 16.1. The second kappa shape index (κ2) is 15.0. The van der Waals surface area contributed by atoms with E-state index in [1.54, 1.807) is 30.3 Å². The van der Waals surface area contributed by atoms with Crippen molar-refractivity contribution in [2.24, 2.45) is 0 Å². The minimum Gasteiger partial charge on any atom is -0.354 e. The molecule has 44 heavy (non-hydrogen) atoms. The number of rotatable bonds is 13. The van der Waals surface area contributed by atoms with Crippen LogP contribution < -0.4 is 9.62 Å². The van der Waals surface area contributed by atoms with E-state index in [1.165, 1.54) is 41.3 Å². The Kier molecular flexibility index (Phi) is 11.1. The largest absolute Gasteiger partial charge is 0.354 e. The van der Waals surface area contributed by atoms with Crippen molar-refractivity contribution in [3.8, 4) is 0 Å². The summed E-state index contributed by atoms with van der Waals surface area (Å²) < 4.78 is 42.9. The SMILES string of the molecule is CCCNC(=O)C(Cc1ccccc1)N(Cc1ccc(F)cc1)C(=O)CN(c1cccc(C)c1)S(=O)(=O)c1ccc(Cl)cc1. The maximum atomic E-state index is 14.4. The zero-order valence-corrected chi connectivity index (χ0v) is 26.2. The van der Waals surface area contributed by atoms with Gasteiger partial charge in [-0.2, -0.15) is 0 Å². The molecule has 4 aromatic carbocycles. The molecule has 4 rings (SSSR count). The smallest absolute Gasteiger partial charge is 0.264 e. The molecule has 7 nitrogen and oxygen atoms in total. The molecule has 0 radical (unpaired) electrons. The number of hydrogen-bond acceptors (Lipinski definition) is 4. The Hall–Kier alpha value is -4.21. The van der Waals surface area contributed by atoms with Crippen LogP contribution in [-0.4, -0.2) is 44.3 Å². The van der Waals surface area contributed by atoms with Gasteiger partial charge in [-0.3, -0.25) is 13.9 Å². The van der Waals surface area contributed by atoms with E-state index in [1.807, 2.05) is 50.2 Å². The van der Waals surface area contributed by atoms with E-state index in [4.69, 9.17) is 11.6 Å². The molecule has 0 saturated heterocycles. The Bertz CT molecular complexity index is 1670. The topological polar surface area (TPSA) is 86.8 Å². The normalized spacial score (nSPS) is 11.9. The summed E-state index contributed by atoms with van der Waals surface area (Å²) in [6.45, 7) is 3.53. The highest BCUT2D eigenvalue weighted by atomic mass is 35.5. The fourth-order valence-corrected chi connectivity index (χ4v) is 6.28. The fourth-order valence-electron chi connectivity index (χ4n) is 4.75. The van der Waals surface area contributed by atoms with Gasteiger partial charge < -0.3 is 10.2 Å². The monoisotopic (exact) mass is 635 g/mol. The number of carbonyl (C=O) groups is 2. The van der Waals surface area contributed by atoms with Crippen LogP contribution in [0.4, 0.5) is 10.1 Å². The lowest BCUT2D eigenvalue weighted by Crippen LogP contribution is -2.53. The molecule has 1 atom stereocenters.